The van der Waals surface area contributed by atoms with Crippen molar-refractivity contribution in [2.45, 2.75) is 13.5 Å². The predicted octanol–water partition coefficient (Wildman–Crippen LogP) is 5.75. The lowest BCUT2D eigenvalue weighted by molar-refractivity contribution is 0.0649. The normalized spacial score (nSPS) is 11.1. The second-order valence-corrected chi connectivity index (χ2v) is 7.84. The van der Waals surface area contributed by atoms with Crippen LogP contribution < -0.4 is 0 Å². The first-order valence-electron chi connectivity index (χ1n) is 10.0. The zero-order chi connectivity index (χ0) is 21.8. The number of fused-ring (bicyclic) bond motifs is 1. The van der Waals surface area contributed by atoms with E-state index >= 15 is 0 Å². The van der Waals surface area contributed by atoms with Crippen molar-refractivity contribution >= 4 is 28.4 Å². The van der Waals surface area contributed by atoms with Gasteiger partial charge in [0.1, 0.15) is 0 Å². The van der Waals surface area contributed by atoms with Gasteiger partial charge in [0, 0.05) is 36.2 Å². The first kappa shape index (κ1) is 21.1. The Morgan fingerprint density at radius 3 is 2.74 bits per heavy atom. The molecule has 0 radical (unpaired) electrons. The minimum absolute atomic E-state index is 0.187. The van der Waals surface area contributed by atoms with E-state index in [2.05, 4.69) is 12.1 Å². The maximum Gasteiger partial charge on any atom is 0.289 e. The highest BCUT2D eigenvalue weighted by Gasteiger charge is 2.21. The molecule has 1 amide bonds. The van der Waals surface area contributed by atoms with Crippen LogP contribution in [0.4, 0.5) is 0 Å². The van der Waals surface area contributed by atoms with Gasteiger partial charge in [-0.05, 0) is 48.9 Å². The third-order valence-corrected chi connectivity index (χ3v) is 5.33. The highest BCUT2D eigenvalue weighted by Crippen LogP contribution is 2.29. The van der Waals surface area contributed by atoms with E-state index in [1.165, 1.54) is 6.26 Å². The molecule has 0 aliphatic carbocycles. The van der Waals surface area contributed by atoms with E-state index in [0.29, 0.717) is 30.5 Å². The van der Waals surface area contributed by atoms with E-state index in [9.17, 15) is 4.79 Å². The van der Waals surface area contributed by atoms with Crippen molar-refractivity contribution in [3.05, 3.63) is 88.8 Å². The zero-order valence-electron chi connectivity index (χ0n) is 17.5. The summed E-state index contributed by atoms with van der Waals surface area (Å²) < 4.78 is 10.6. The summed E-state index contributed by atoms with van der Waals surface area (Å²) in [5.41, 5.74) is 4.71. The maximum atomic E-state index is 13.1. The molecule has 31 heavy (non-hydrogen) atoms. The molecule has 158 valence electrons. The Hall–Kier alpha value is -3.15. The number of ether oxygens (including phenoxy) is 1. The Balaban J connectivity index is 1.80. The van der Waals surface area contributed by atoms with Crippen LogP contribution in [-0.2, 0) is 11.3 Å². The number of amides is 1. The van der Waals surface area contributed by atoms with Crippen LogP contribution in [-0.4, -0.2) is 36.1 Å². The van der Waals surface area contributed by atoms with Gasteiger partial charge in [-0.15, -0.1) is 0 Å². The fraction of sp³-hybridized carbons (Fsp3) is 0.200. The summed E-state index contributed by atoms with van der Waals surface area (Å²) in [6.45, 7) is 3.27. The van der Waals surface area contributed by atoms with Crippen LogP contribution in [0.2, 0.25) is 5.02 Å². The van der Waals surface area contributed by atoms with Gasteiger partial charge in [0.15, 0.2) is 5.76 Å². The lowest BCUT2D eigenvalue weighted by atomic mass is 10.0. The molecule has 5 nitrogen and oxygen atoms in total. The average Bonchev–Trinajstić information content (AvgIpc) is 3.30. The number of pyridine rings is 1. The molecule has 2 heterocycles. The Kier molecular flexibility index (Phi) is 6.35. The molecule has 0 saturated carbocycles. The molecule has 4 aromatic rings. The number of halogens is 1. The summed E-state index contributed by atoms with van der Waals surface area (Å²) in [5, 5.41) is 1.60. The Bertz CT molecular complexity index is 1200. The molecule has 0 bridgehead atoms. The number of rotatable bonds is 7. The third-order valence-electron chi connectivity index (χ3n) is 5.10. The molecular formula is C25H23ClN2O3. The average molecular weight is 435 g/mol. The molecule has 2 aromatic heterocycles. The van der Waals surface area contributed by atoms with E-state index in [1.807, 2.05) is 43.3 Å². The summed E-state index contributed by atoms with van der Waals surface area (Å²) in [6, 6.07) is 19.3. The van der Waals surface area contributed by atoms with Gasteiger partial charge in [0.2, 0.25) is 0 Å². The standard InChI is InChI=1S/C25H23ClN2O3/c1-17-5-3-6-19(13-17)24-20(14-18-8-9-21(26)15-22(18)27-24)16-28(10-12-30-2)25(29)23-7-4-11-31-23/h3-9,11,13-15H,10,12,16H2,1-2H3. The van der Waals surface area contributed by atoms with Gasteiger partial charge in [-0.1, -0.05) is 41.4 Å². The predicted molar refractivity (Wildman–Crippen MR) is 122 cm³/mol. The van der Waals surface area contributed by atoms with Crippen LogP contribution in [0.25, 0.3) is 22.2 Å². The van der Waals surface area contributed by atoms with Crippen LogP contribution in [0.1, 0.15) is 21.7 Å². The molecule has 0 aliphatic rings. The van der Waals surface area contributed by atoms with Gasteiger partial charge in [-0.3, -0.25) is 4.79 Å². The third kappa shape index (κ3) is 4.79. The number of benzene rings is 2. The molecule has 2 aromatic carbocycles. The Morgan fingerprint density at radius 2 is 2.00 bits per heavy atom. The lowest BCUT2D eigenvalue weighted by Gasteiger charge is -2.23. The molecular weight excluding hydrogens is 412 g/mol. The number of aryl methyl sites for hydroxylation is 1. The summed E-state index contributed by atoms with van der Waals surface area (Å²) in [4.78, 5) is 19.7. The van der Waals surface area contributed by atoms with E-state index in [1.54, 1.807) is 24.1 Å². The topological polar surface area (TPSA) is 55.6 Å². The van der Waals surface area contributed by atoms with Gasteiger partial charge in [-0.2, -0.15) is 0 Å². The molecule has 6 heteroatoms. The second kappa shape index (κ2) is 9.33. The highest BCUT2D eigenvalue weighted by atomic mass is 35.5. The molecule has 0 unspecified atom stereocenters. The number of aromatic nitrogens is 1. The Labute approximate surface area is 186 Å². The van der Waals surface area contributed by atoms with Gasteiger partial charge < -0.3 is 14.1 Å². The first-order chi connectivity index (χ1) is 15.0. The molecule has 4 rings (SSSR count). The van der Waals surface area contributed by atoms with Crippen molar-refractivity contribution in [2.75, 3.05) is 20.3 Å². The minimum atomic E-state index is -0.187. The van der Waals surface area contributed by atoms with Crippen molar-refractivity contribution in [3.63, 3.8) is 0 Å². The number of hydrogen-bond acceptors (Lipinski definition) is 4. The molecule has 0 atom stereocenters. The van der Waals surface area contributed by atoms with Gasteiger partial charge in [-0.25, -0.2) is 4.98 Å². The number of nitrogens with zero attached hydrogens (tertiary/aromatic N) is 2. The monoisotopic (exact) mass is 434 g/mol. The highest BCUT2D eigenvalue weighted by molar-refractivity contribution is 6.31. The van der Waals surface area contributed by atoms with Crippen molar-refractivity contribution in [1.82, 2.24) is 9.88 Å². The van der Waals surface area contributed by atoms with E-state index in [4.69, 9.17) is 25.7 Å². The lowest BCUT2D eigenvalue weighted by Crippen LogP contribution is -2.33. The van der Waals surface area contributed by atoms with E-state index in [-0.39, 0.29) is 5.91 Å². The summed E-state index contributed by atoms with van der Waals surface area (Å²) in [5.74, 6) is 0.113. The second-order valence-electron chi connectivity index (χ2n) is 7.40. The van der Waals surface area contributed by atoms with E-state index in [0.717, 1.165) is 33.3 Å². The number of hydrogen-bond donors (Lipinski definition) is 0. The summed E-state index contributed by atoms with van der Waals surface area (Å²) in [6.07, 6.45) is 1.50. The van der Waals surface area contributed by atoms with Crippen LogP contribution in [0.3, 0.4) is 0 Å². The van der Waals surface area contributed by atoms with Crippen molar-refractivity contribution in [1.29, 1.82) is 0 Å². The number of furan rings is 1. The van der Waals surface area contributed by atoms with Crippen LogP contribution >= 0.6 is 11.6 Å². The maximum absolute atomic E-state index is 13.1. The van der Waals surface area contributed by atoms with Gasteiger partial charge in [0.05, 0.1) is 24.1 Å². The fourth-order valence-electron chi connectivity index (χ4n) is 3.56. The quantitative estimate of drug-likeness (QED) is 0.372. The molecule has 0 aliphatic heterocycles. The minimum Gasteiger partial charge on any atom is -0.459 e. The number of carbonyl (C=O) groups excluding carboxylic acids is 1. The first-order valence-corrected chi connectivity index (χ1v) is 10.4. The summed E-state index contributed by atoms with van der Waals surface area (Å²) >= 11 is 6.21. The smallest absolute Gasteiger partial charge is 0.289 e. The van der Waals surface area contributed by atoms with Crippen molar-refractivity contribution in [2.24, 2.45) is 0 Å². The van der Waals surface area contributed by atoms with Crippen molar-refractivity contribution in [3.8, 4) is 11.3 Å². The Morgan fingerprint density at radius 1 is 1.13 bits per heavy atom. The van der Waals surface area contributed by atoms with E-state index < -0.39 is 0 Å². The van der Waals surface area contributed by atoms with Crippen LogP contribution in [0.15, 0.2) is 71.3 Å². The largest absolute Gasteiger partial charge is 0.459 e. The number of carbonyl (C=O) groups is 1. The zero-order valence-corrected chi connectivity index (χ0v) is 18.2. The van der Waals surface area contributed by atoms with Crippen molar-refractivity contribution < 1.29 is 13.9 Å². The molecule has 0 saturated heterocycles. The number of methoxy groups -OCH3 is 1. The van der Waals surface area contributed by atoms with Gasteiger partial charge >= 0.3 is 0 Å². The summed E-state index contributed by atoms with van der Waals surface area (Å²) in [7, 11) is 1.62. The molecule has 0 spiro atoms. The van der Waals surface area contributed by atoms with Gasteiger partial charge in [0.25, 0.3) is 5.91 Å². The SMILES string of the molecule is COCCN(Cc1cc2ccc(Cl)cc2nc1-c1cccc(C)c1)C(=O)c1ccco1. The fourth-order valence-corrected chi connectivity index (χ4v) is 3.73. The van der Waals surface area contributed by atoms with Crippen LogP contribution in [0, 0.1) is 6.92 Å². The van der Waals surface area contributed by atoms with Crippen LogP contribution in [0.5, 0.6) is 0 Å². The molecule has 0 N–H and O–H groups in total. The molecule has 0 fully saturated rings.